The maximum absolute atomic E-state index is 12.6. The summed E-state index contributed by atoms with van der Waals surface area (Å²) in [4.78, 5) is 25.2. The molecule has 0 unspecified atom stereocenters. The molecule has 0 bridgehead atoms. The van der Waals surface area contributed by atoms with Gasteiger partial charge in [-0.15, -0.1) is 0 Å². The Morgan fingerprint density at radius 3 is 2.03 bits per heavy atom. The molecule has 3 rings (SSSR count). The Kier molecular flexibility index (Phi) is 8.39. The van der Waals surface area contributed by atoms with Gasteiger partial charge in [0.1, 0.15) is 5.75 Å². The van der Waals surface area contributed by atoms with Crippen LogP contribution >= 0.6 is 0 Å². The lowest BCUT2D eigenvalue weighted by atomic mass is 10.2. The van der Waals surface area contributed by atoms with Crippen LogP contribution in [0.3, 0.4) is 0 Å². The monoisotopic (exact) mass is 481 g/mol. The van der Waals surface area contributed by atoms with E-state index in [1.165, 1.54) is 28.6 Å². The number of carbonyl (C=O) groups is 2. The Balaban J connectivity index is 1.61. The summed E-state index contributed by atoms with van der Waals surface area (Å²) in [7, 11) is -3.57. The van der Waals surface area contributed by atoms with E-state index in [2.05, 4.69) is 10.6 Å². The summed E-state index contributed by atoms with van der Waals surface area (Å²) >= 11 is 0. The number of hydrogen-bond donors (Lipinski definition) is 2. The van der Waals surface area contributed by atoms with Crippen LogP contribution in [-0.4, -0.2) is 44.2 Å². The zero-order valence-corrected chi connectivity index (χ0v) is 19.8. The third-order valence-corrected chi connectivity index (χ3v) is 7.07. The van der Waals surface area contributed by atoms with Crippen LogP contribution in [0.5, 0.6) is 5.75 Å². The number of carbonyl (C=O) groups excluding carboxylic acids is 2. The van der Waals surface area contributed by atoms with E-state index >= 15 is 0 Å². The van der Waals surface area contributed by atoms with Crippen molar-refractivity contribution >= 4 is 33.2 Å². The molecule has 178 valence electrons. The SMILES string of the molecule is CCN(CC)S(=O)(=O)c1ccc(NC(=O)COc2ccccc2C(=O)Nc2ccccc2)cc1. The minimum Gasteiger partial charge on any atom is -0.483 e. The number of benzene rings is 3. The Hall–Kier alpha value is -3.69. The van der Waals surface area contributed by atoms with E-state index in [-0.39, 0.29) is 23.2 Å². The molecule has 2 amide bonds. The van der Waals surface area contributed by atoms with E-state index in [1.54, 1.807) is 50.2 Å². The van der Waals surface area contributed by atoms with Crippen LogP contribution in [0.15, 0.2) is 83.8 Å². The zero-order valence-electron chi connectivity index (χ0n) is 19.0. The van der Waals surface area contributed by atoms with Crippen molar-refractivity contribution in [2.75, 3.05) is 30.3 Å². The second kappa shape index (κ2) is 11.4. The first-order valence-corrected chi connectivity index (χ1v) is 12.3. The van der Waals surface area contributed by atoms with Crippen LogP contribution in [0.1, 0.15) is 24.2 Å². The highest BCUT2D eigenvalue weighted by molar-refractivity contribution is 7.89. The van der Waals surface area contributed by atoms with Crippen molar-refractivity contribution in [2.24, 2.45) is 0 Å². The Morgan fingerprint density at radius 2 is 1.38 bits per heavy atom. The first-order valence-electron chi connectivity index (χ1n) is 10.8. The first kappa shape index (κ1) is 24.9. The molecule has 0 aliphatic rings. The molecule has 8 nitrogen and oxygen atoms in total. The normalized spacial score (nSPS) is 11.1. The van der Waals surface area contributed by atoms with E-state index in [1.807, 2.05) is 18.2 Å². The molecule has 0 aliphatic heterocycles. The number of hydrogen-bond acceptors (Lipinski definition) is 5. The fourth-order valence-electron chi connectivity index (χ4n) is 3.26. The van der Waals surface area contributed by atoms with Crippen molar-refractivity contribution in [3.8, 4) is 5.75 Å². The van der Waals surface area contributed by atoms with E-state index in [0.29, 0.717) is 30.0 Å². The highest BCUT2D eigenvalue weighted by Gasteiger charge is 2.21. The first-order chi connectivity index (χ1) is 16.3. The summed E-state index contributed by atoms with van der Waals surface area (Å²) < 4.78 is 32.1. The van der Waals surface area contributed by atoms with Crippen molar-refractivity contribution in [3.63, 3.8) is 0 Å². The molecular weight excluding hydrogens is 454 g/mol. The molecule has 34 heavy (non-hydrogen) atoms. The highest BCUT2D eigenvalue weighted by atomic mass is 32.2. The third-order valence-electron chi connectivity index (χ3n) is 5.00. The largest absolute Gasteiger partial charge is 0.483 e. The van der Waals surface area contributed by atoms with Crippen LogP contribution in [0.2, 0.25) is 0 Å². The van der Waals surface area contributed by atoms with Gasteiger partial charge in [0, 0.05) is 24.5 Å². The number of rotatable bonds is 10. The van der Waals surface area contributed by atoms with Gasteiger partial charge in [-0.3, -0.25) is 9.59 Å². The number of amides is 2. The van der Waals surface area contributed by atoms with Crippen molar-refractivity contribution in [1.29, 1.82) is 0 Å². The minimum absolute atomic E-state index is 0.156. The maximum Gasteiger partial charge on any atom is 0.262 e. The van der Waals surface area contributed by atoms with Gasteiger partial charge in [-0.05, 0) is 48.5 Å². The molecule has 3 aromatic rings. The van der Waals surface area contributed by atoms with Gasteiger partial charge in [0.15, 0.2) is 6.61 Å². The summed E-state index contributed by atoms with van der Waals surface area (Å²) in [6.45, 7) is 3.98. The van der Waals surface area contributed by atoms with Crippen molar-refractivity contribution in [3.05, 3.63) is 84.4 Å². The highest BCUT2D eigenvalue weighted by Crippen LogP contribution is 2.21. The quantitative estimate of drug-likeness (QED) is 0.456. The van der Waals surface area contributed by atoms with Crippen molar-refractivity contribution in [2.45, 2.75) is 18.7 Å². The van der Waals surface area contributed by atoms with E-state index < -0.39 is 15.9 Å². The predicted molar refractivity (Wildman–Crippen MR) is 132 cm³/mol. The molecule has 0 saturated heterocycles. The number of nitrogens with one attached hydrogen (secondary N) is 2. The molecule has 0 heterocycles. The molecule has 0 aliphatic carbocycles. The lowest BCUT2D eigenvalue weighted by Gasteiger charge is -2.18. The number of sulfonamides is 1. The van der Waals surface area contributed by atoms with Gasteiger partial charge in [-0.2, -0.15) is 4.31 Å². The smallest absolute Gasteiger partial charge is 0.262 e. The molecule has 3 aromatic carbocycles. The van der Waals surface area contributed by atoms with Crippen LogP contribution in [-0.2, 0) is 14.8 Å². The summed E-state index contributed by atoms with van der Waals surface area (Å²) in [6.07, 6.45) is 0. The van der Waals surface area contributed by atoms with Gasteiger partial charge in [-0.25, -0.2) is 8.42 Å². The van der Waals surface area contributed by atoms with Gasteiger partial charge < -0.3 is 15.4 Å². The molecule has 2 N–H and O–H groups in total. The second-order valence-electron chi connectivity index (χ2n) is 7.27. The maximum atomic E-state index is 12.6. The predicted octanol–water partition coefficient (Wildman–Crippen LogP) is 3.99. The van der Waals surface area contributed by atoms with Crippen LogP contribution in [0.25, 0.3) is 0 Å². The van der Waals surface area contributed by atoms with Crippen molar-refractivity contribution < 1.29 is 22.7 Å². The van der Waals surface area contributed by atoms with Gasteiger partial charge >= 0.3 is 0 Å². The van der Waals surface area contributed by atoms with Crippen LogP contribution in [0.4, 0.5) is 11.4 Å². The topological polar surface area (TPSA) is 105 Å². The number of para-hydroxylation sites is 2. The van der Waals surface area contributed by atoms with E-state index in [4.69, 9.17) is 4.74 Å². The standard InChI is InChI=1S/C25H27N3O5S/c1-3-28(4-2)34(31,32)21-16-14-20(15-17-21)26-24(29)18-33-23-13-9-8-12-22(23)25(30)27-19-10-6-5-7-11-19/h5-17H,3-4,18H2,1-2H3,(H,26,29)(H,27,30). The molecule has 0 aromatic heterocycles. The fourth-order valence-corrected chi connectivity index (χ4v) is 4.72. The molecule has 0 saturated carbocycles. The lowest BCUT2D eigenvalue weighted by molar-refractivity contribution is -0.118. The average molecular weight is 482 g/mol. The summed E-state index contributed by atoms with van der Waals surface area (Å²) in [5.41, 5.74) is 1.37. The zero-order chi connectivity index (χ0) is 24.6. The average Bonchev–Trinajstić information content (AvgIpc) is 2.84. The molecule has 9 heteroatoms. The van der Waals surface area contributed by atoms with Gasteiger partial charge in [0.05, 0.1) is 10.5 Å². The lowest BCUT2D eigenvalue weighted by Crippen LogP contribution is -2.30. The number of anilines is 2. The Labute approximate surface area is 199 Å². The Bertz CT molecular complexity index is 1220. The van der Waals surface area contributed by atoms with E-state index in [9.17, 15) is 18.0 Å². The second-order valence-corrected chi connectivity index (χ2v) is 9.20. The minimum atomic E-state index is -3.57. The molecular formula is C25H27N3O5S. The van der Waals surface area contributed by atoms with Gasteiger partial charge in [0.2, 0.25) is 10.0 Å². The van der Waals surface area contributed by atoms with Crippen LogP contribution in [0, 0.1) is 0 Å². The third kappa shape index (κ3) is 6.21. The number of nitrogens with zero attached hydrogens (tertiary/aromatic N) is 1. The van der Waals surface area contributed by atoms with E-state index in [0.717, 1.165) is 0 Å². The van der Waals surface area contributed by atoms with Gasteiger partial charge in [0.25, 0.3) is 11.8 Å². The van der Waals surface area contributed by atoms with Gasteiger partial charge in [-0.1, -0.05) is 44.2 Å². The summed E-state index contributed by atoms with van der Waals surface area (Å²) in [5, 5.41) is 5.45. The number of ether oxygens (including phenoxy) is 1. The van der Waals surface area contributed by atoms with Crippen molar-refractivity contribution in [1.82, 2.24) is 4.31 Å². The molecule has 0 radical (unpaired) electrons. The molecule has 0 fully saturated rings. The molecule has 0 spiro atoms. The Morgan fingerprint density at radius 1 is 0.794 bits per heavy atom. The molecule has 0 atom stereocenters. The summed E-state index contributed by atoms with van der Waals surface area (Å²) in [5.74, 6) is -0.531. The summed E-state index contributed by atoms with van der Waals surface area (Å²) in [6, 6.07) is 21.6. The van der Waals surface area contributed by atoms with Crippen LogP contribution < -0.4 is 15.4 Å². The fraction of sp³-hybridized carbons (Fsp3) is 0.200.